The van der Waals surface area contributed by atoms with Crippen LogP contribution in [-0.2, 0) is 12.8 Å². The van der Waals surface area contributed by atoms with Gasteiger partial charge < -0.3 is 15.5 Å². The number of halogens is 1. The molecule has 0 spiro atoms. The highest BCUT2D eigenvalue weighted by molar-refractivity contribution is 14.0. The Hall–Kier alpha value is -0.410. The van der Waals surface area contributed by atoms with Crippen molar-refractivity contribution >= 4 is 41.3 Å². The number of nitrogens with zero attached hydrogens (tertiary/aromatic N) is 3. The maximum atomic E-state index is 4.46. The van der Waals surface area contributed by atoms with Crippen LogP contribution in [0.5, 0.6) is 0 Å². The van der Waals surface area contributed by atoms with Gasteiger partial charge in [-0.25, -0.2) is 4.98 Å². The minimum absolute atomic E-state index is 0. The number of unbranched alkanes of at least 4 members (excludes halogenated alkanes) is 2. The van der Waals surface area contributed by atoms with Crippen LogP contribution in [0, 0.1) is 0 Å². The summed E-state index contributed by atoms with van der Waals surface area (Å²) in [5, 5.41) is 8.01. The van der Waals surface area contributed by atoms with Crippen molar-refractivity contribution in [2.24, 2.45) is 4.99 Å². The molecule has 1 fully saturated rings. The molecule has 7 heteroatoms. The second kappa shape index (κ2) is 14.6. The van der Waals surface area contributed by atoms with E-state index >= 15 is 0 Å². The monoisotopic (exact) mass is 493 g/mol. The third-order valence-corrected chi connectivity index (χ3v) is 5.90. The first-order chi connectivity index (χ1) is 12.3. The molecule has 1 saturated heterocycles. The Morgan fingerprint density at radius 3 is 2.62 bits per heavy atom. The molecule has 2 N–H and O–H groups in total. The van der Waals surface area contributed by atoms with Crippen LogP contribution in [0.4, 0.5) is 0 Å². The first-order valence-corrected chi connectivity index (χ1v) is 10.7. The molecule has 26 heavy (non-hydrogen) atoms. The van der Waals surface area contributed by atoms with Crippen molar-refractivity contribution in [3.05, 3.63) is 16.1 Å². The number of hydrogen-bond acceptors (Lipinski definition) is 4. The fourth-order valence-electron chi connectivity index (χ4n) is 3.16. The van der Waals surface area contributed by atoms with E-state index in [9.17, 15) is 0 Å². The van der Waals surface area contributed by atoms with Crippen molar-refractivity contribution in [3.8, 4) is 0 Å². The highest BCUT2D eigenvalue weighted by Crippen LogP contribution is 2.13. The number of aryl methyl sites for hydroxylation is 1. The van der Waals surface area contributed by atoms with Crippen LogP contribution in [0.15, 0.2) is 11.2 Å². The van der Waals surface area contributed by atoms with Gasteiger partial charge in [0.15, 0.2) is 5.96 Å². The predicted molar refractivity (Wildman–Crippen MR) is 124 cm³/mol. The number of likely N-dealkylation sites (tertiary alicyclic amines) is 1. The minimum atomic E-state index is 0. The molecule has 0 radical (unpaired) electrons. The molecule has 1 aliphatic heterocycles. The second-order valence-electron chi connectivity index (χ2n) is 6.71. The Kier molecular flexibility index (Phi) is 13.3. The van der Waals surface area contributed by atoms with Crippen molar-refractivity contribution in [2.75, 3.05) is 39.8 Å². The van der Waals surface area contributed by atoms with E-state index in [1.165, 1.54) is 68.0 Å². The summed E-state index contributed by atoms with van der Waals surface area (Å²) in [6.45, 7) is 7.96. The Labute approximate surface area is 180 Å². The Morgan fingerprint density at radius 1 is 1.15 bits per heavy atom. The van der Waals surface area contributed by atoms with Crippen molar-refractivity contribution in [1.82, 2.24) is 20.5 Å². The molecule has 2 heterocycles. The average Bonchev–Trinajstić information content (AvgIpc) is 3.12. The van der Waals surface area contributed by atoms with Gasteiger partial charge >= 0.3 is 0 Å². The number of guanidine groups is 1. The van der Waals surface area contributed by atoms with E-state index in [-0.39, 0.29) is 24.0 Å². The molecule has 0 unspecified atom stereocenters. The molecule has 0 aromatic carbocycles. The summed E-state index contributed by atoms with van der Waals surface area (Å²) >= 11 is 1.82. The summed E-state index contributed by atoms with van der Waals surface area (Å²) in [5.74, 6) is 0.906. The van der Waals surface area contributed by atoms with Gasteiger partial charge in [-0.3, -0.25) is 4.99 Å². The Morgan fingerprint density at radius 2 is 1.92 bits per heavy atom. The molecule has 2 rings (SSSR count). The lowest BCUT2D eigenvalue weighted by Gasteiger charge is -2.26. The van der Waals surface area contributed by atoms with E-state index in [1.807, 2.05) is 24.6 Å². The summed E-state index contributed by atoms with van der Waals surface area (Å²) < 4.78 is 0. The number of aromatic nitrogens is 1. The minimum Gasteiger partial charge on any atom is -0.356 e. The lowest BCUT2D eigenvalue weighted by molar-refractivity contribution is 0.224. The van der Waals surface area contributed by atoms with Gasteiger partial charge in [-0.05, 0) is 51.7 Å². The molecule has 0 aliphatic carbocycles. The molecule has 0 saturated carbocycles. The maximum absolute atomic E-state index is 4.46. The first kappa shape index (κ1) is 23.6. The number of aliphatic imine (C=N–C) groups is 1. The van der Waals surface area contributed by atoms with E-state index in [4.69, 9.17) is 0 Å². The summed E-state index contributed by atoms with van der Waals surface area (Å²) in [7, 11) is 1.84. The Balaban J connectivity index is 0.00000338. The van der Waals surface area contributed by atoms with Crippen LogP contribution >= 0.6 is 35.3 Å². The van der Waals surface area contributed by atoms with Crippen LogP contribution in [0.3, 0.4) is 0 Å². The smallest absolute Gasteiger partial charge is 0.190 e. The van der Waals surface area contributed by atoms with E-state index in [0.29, 0.717) is 0 Å². The SMILES string of the molecule is CCc1cnc(CCNC(=NC)NCCCCCN2CCCCC2)s1.I. The van der Waals surface area contributed by atoms with Gasteiger partial charge in [0, 0.05) is 37.6 Å². The van der Waals surface area contributed by atoms with Gasteiger partial charge in [-0.15, -0.1) is 35.3 Å². The highest BCUT2D eigenvalue weighted by atomic mass is 127. The quantitative estimate of drug-likeness (QED) is 0.226. The average molecular weight is 494 g/mol. The molecule has 1 aromatic heterocycles. The van der Waals surface area contributed by atoms with E-state index < -0.39 is 0 Å². The number of nitrogens with one attached hydrogen (secondary N) is 2. The zero-order chi connectivity index (χ0) is 17.7. The first-order valence-electron chi connectivity index (χ1n) is 9.92. The van der Waals surface area contributed by atoms with Crippen molar-refractivity contribution in [1.29, 1.82) is 0 Å². The van der Waals surface area contributed by atoms with Gasteiger partial charge in [0.25, 0.3) is 0 Å². The van der Waals surface area contributed by atoms with Crippen LogP contribution in [0.1, 0.15) is 55.3 Å². The summed E-state index contributed by atoms with van der Waals surface area (Å²) in [6, 6.07) is 0. The van der Waals surface area contributed by atoms with Crippen LogP contribution in [-0.4, -0.2) is 55.6 Å². The molecule has 0 atom stereocenters. The van der Waals surface area contributed by atoms with E-state index in [2.05, 4.69) is 32.4 Å². The molecule has 0 amide bonds. The number of rotatable bonds is 10. The van der Waals surface area contributed by atoms with Crippen molar-refractivity contribution in [3.63, 3.8) is 0 Å². The maximum Gasteiger partial charge on any atom is 0.190 e. The normalized spacial score (nSPS) is 15.5. The molecule has 1 aliphatic rings. The number of hydrogen-bond donors (Lipinski definition) is 2. The third-order valence-electron chi connectivity index (χ3n) is 4.70. The molecule has 1 aromatic rings. The molecular formula is C19H36IN5S. The molecule has 5 nitrogen and oxygen atoms in total. The largest absolute Gasteiger partial charge is 0.356 e. The van der Waals surface area contributed by atoms with Crippen LogP contribution in [0.2, 0.25) is 0 Å². The molecule has 0 bridgehead atoms. The second-order valence-corrected chi connectivity index (χ2v) is 7.91. The van der Waals surface area contributed by atoms with E-state index in [1.54, 1.807) is 0 Å². The third kappa shape index (κ3) is 9.50. The zero-order valence-electron chi connectivity index (χ0n) is 16.4. The van der Waals surface area contributed by atoms with Crippen molar-refractivity contribution < 1.29 is 0 Å². The van der Waals surface area contributed by atoms with Crippen LogP contribution in [0.25, 0.3) is 0 Å². The molecule has 150 valence electrons. The van der Waals surface area contributed by atoms with Gasteiger partial charge in [0.2, 0.25) is 0 Å². The highest BCUT2D eigenvalue weighted by Gasteiger charge is 2.08. The Bertz CT molecular complexity index is 500. The van der Waals surface area contributed by atoms with E-state index in [0.717, 1.165) is 31.9 Å². The fraction of sp³-hybridized carbons (Fsp3) is 0.789. The van der Waals surface area contributed by atoms with Gasteiger partial charge in [0.05, 0.1) is 5.01 Å². The summed E-state index contributed by atoms with van der Waals surface area (Å²) in [4.78, 5) is 12.7. The number of thiazole rings is 1. The summed E-state index contributed by atoms with van der Waals surface area (Å²) in [6.07, 6.45) is 12.1. The lowest BCUT2D eigenvalue weighted by Crippen LogP contribution is -2.38. The van der Waals surface area contributed by atoms with Crippen LogP contribution < -0.4 is 10.6 Å². The fourth-order valence-corrected chi connectivity index (χ4v) is 4.02. The number of piperidine rings is 1. The topological polar surface area (TPSA) is 52.6 Å². The standard InChI is InChI=1S/C19H35N5S.HI/c1-3-17-16-23-18(25-17)10-12-22-19(20-2)21-11-6-4-7-13-24-14-8-5-9-15-24;/h16H,3-15H2,1-2H3,(H2,20,21,22);1H. The van der Waals surface area contributed by atoms with Crippen molar-refractivity contribution in [2.45, 2.75) is 58.3 Å². The lowest BCUT2D eigenvalue weighted by atomic mass is 10.1. The van der Waals surface area contributed by atoms with Gasteiger partial charge in [0.1, 0.15) is 0 Å². The summed E-state index contributed by atoms with van der Waals surface area (Å²) in [5.41, 5.74) is 0. The van der Waals surface area contributed by atoms with Gasteiger partial charge in [-0.2, -0.15) is 0 Å². The zero-order valence-corrected chi connectivity index (χ0v) is 19.6. The predicted octanol–water partition coefficient (Wildman–Crippen LogP) is 3.69. The van der Waals surface area contributed by atoms with Gasteiger partial charge in [-0.1, -0.05) is 19.8 Å². The molecular weight excluding hydrogens is 457 g/mol.